The lowest BCUT2D eigenvalue weighted by Crippen LogP contribution is -2.38. The summed E-state index contributed by atoms with van der Waals surface area (Å²) in [4.78, 5) is 29.5. The highest BCUT2D eigenvalue weighted by Crippen LogP contribution is 2.38. The number of esters is 1. The van der Waals surface area contributed by atoms with Crippen LogP contribution in [0.5, 0.6) is 17.2 Å². The molecule has 1 aromatic carbocycles. The number of hydrogen-bond donors (Lipinski definition) is 1. The average Bonchev–Trinajstić information content (AvgIpc) is 3.40. The second-order valence-electron chi connectivity index (χ2n) is 7.77. The molecule has 1 N–H and O–H groups in total. The number of carbonyl (C=O) groups is 1. The van der Waals surface area contributed by atoms with Crippen molar-refractivity contribution in [2.45, 2.75) is 19.8 Å². The molecule has 2 saturated heterocycles. The number of morpholine rings is 1. The average molecular weight is 472 g/mol. The molecule has 1 aromatic heterocycles. The van der Waals surface area contributed by atoms with Crippen molar-refractivity contribution in [3.8, 4) is 17.2 Å². The van der Waals surface area contributed by atoms with Gasteiger partial charge in [0.2, 0.25) is 23.6 Å². The molecule has 12 heteroatoms. The van der Waals surface area contributed by atoms with Crippen LogP contribution in [0.3, 0.4) is 0 Å². The molecule has 0 aliphatic carbocycles. The van der Waals surface area contributed by atoms with Crippen LogP contribution in [-0.4, -0.2) is 80.7 Å². The molecular formula is C22H29N7O5. The van der Waals surface area contributed by atoms with E-state index in [2.05, 4.69) is 30.3 Å². The van der Waals surface area contributed by atoms with Crippen molar-refractivity contribution in [3.63, 3.8) is 0 Å². The van der Waals surface area contributed by atoms with Crippen molar-refractivity contribution in [1.29, 1.82) is 0 Å². The number of anilines is 3. The van der Waals surface area contributed by atoms with Crippen LogP contribution < -0.4 is 29.4 Å². The van der Waals surface area contributed by atoms with Gasteiger partial charge >= 0.3 is 5.97 Å². The number of rotatable bonds is 8. The highest BCUT2D eigenvalue weighted by molar-refractivity contribution is 5.83. The Morgan fingerprint density at radius 2 is 1.59 bits per heavy atom. The fourth-order valence-corrected chi connectivity index (χ4v) is 3.75. The predicted octanol–water partition coefficient (Wildman–Crippen LogP) is 1.70. The minimum absolute atomic E-state index is 0.213. The van der Waals surface area contributed by atoms with Crippen molar-refractivity contribution in [2.24, 2.45) is 5.10 Å². The number of hydrogen-bond acceptors (Lipinski definition) is 12. The first-order valence-corrected chi connectivity index (χ1v) is 11.1. The summed E-state index contributed by atoms with van der Waals surface area (Å²) in [5.41, 5.74) is 3.58. The number of aromatic nitrogens is 3. The number of ether oxygens (including phenoxy) is 4. The van der Waals surface area contributed by atoms with E-state index in [4.69, 9.17) is 23.9 Å². The minimum atomic E-state index is -0.473. The number of carbonyl (C=O) groups excluding carboxylic acids is 1. The number of nitrogens with zero attached hydrogens (tertiary/aromatic N) is 6. The van der Waals surface area contributed by atoms with Gasteiger partial charge in [0.15, 0.2) is 11.5 Å². The van der Waals surface area contributed by atoms with Gasteiger partial charge in [-0.05, 0) is 25.0 Å². The summed E-state index contributed by atoms with van der Waals surface area (Å²) in [7, 11) is 2.97. The molecule has 12 nitrogen and oxygen atoms in total. The fourth-order valence-electron chi connectivity index (χ4n) is 3.75. The van der Waals surface area contributed by atoms with Gasteiger partial charge in [0.1, 0.15) is 0 Å². The summed E-state index contributed by atoms with van der Waals surface area (Å²) in [5, 5.41) is 4.30. The van der Waals surface area contributed by atoms with Gasteiger partial charge in [-0.2, -0.15) is 20.1 Å². The lowest BCUT2D eigenvalue weighted by atomic mass is 10.2. The van der Waals surface area contributed by atoms with E-state index in [0.29, 0.717) is 48.1 Å². The molecule has 0 spiro atoms. The number of methoxy groups -OCH3 is 2. The summed E-state index contributed by atoms with van der Waals surface area (Å²) in [6.45, 7) is 5.87. The van der Waals surface area contributed by atoms with Crippen molar-refractivity contribution < 1.29 is 23.7 Å². The molecule has 182 valence electrons. The first-order chi connectivity index (χ1) is 16.6. The molecule has 2 aliphatic heterocycles. The molecule has 3 heterocycles. The van der Waals surface area contributed by atoms with E-state index in [1.807, 2.05) is 0 Å². The smallest absolute Gasteiger partial charge is 0.308 e. The van der Waals surface area contributed by atoms with Crippen molar-refractivity contribution in [2.75, 3.05) is 68.8 Å². The second kappa shape index (κ2) is 11.0. The fraction of sp³-hybridized carbons (Fsp3) is 0.500. The van der Waals surface area contributed by atoms with Crippen molar-refractivity contribution >= 4 is 30.0 Å². The summed E-state index contributed by atoms with van der Waals surface area (Å²) in [6, 6.07) is 3.38. The van der Waals surface area contributed by atoms with E-state index >= 15 is 0 Å². The molecule has 34 heavy (non-hydrogen) atoms. The Bertz CT molecular complexity index is 1010. The first-order valence-electron chi connectivity index (χ1n) is 11.1. The molecule has 0 atom stereocenters. The zero-order valence-corrected chi connectivity index (χ0v) is 19.6. The Kier molecular flexibility index (Phi) is 7.58. The zero-order valence-electron chi connectivity index (χ0n) is 19.6. The summed E-state index contributed by atoms with van der Waals surface area (Å²) in [6.07, 6.45) is 3.81. The van der Waals surface area contributed by atoms with Crippen LogP contribution in [0, 0.1) is 0 Å². The topological polar surface area (TPSA) is 124 Å². The molecule has 0 unspecified atom stereocenters. The number of hydrazone groups is 1. The highest BCUT2D eigenvalue weighted by atomic mass is 16.6. The first kappa shape index (κ1) is 23.5. The monoisotopic (exact) mass is 471 g/mol. The molecule has 2 aromatic rings. The van der Waals surface area contributed by atoms with Gasteiger partial charge in [-0.1, -0.05) is 0 Å². The third kappa shape index (κ3) is 5.63. The molecule has 2 aliphatic rings. The van der Waals surface area contributed by atoms with Gasteiger partial charge in [-0.3, -0.25) is 4.79 Å². The maximum Gasteiger partial charge on any atom is 0.308 e. The highest BCUT2D eigenvalue weighted by Gasteiger charge is 2.21. The molecular weight excluding hydrogens is 442 g/mol. The van der Waals surface area contributed by atoms with Crippen molar-refractivity contribution in [3.05, 3.63) is 17.7 Å². The molecule has 0 saturated carbocycles. The van der Waals surface area contributed by atoms with E-state index in [1.165, 1.54) is 21.1 Å². The summed E-state index contributed by atoms with van der Waals surface area (Å²) in [5.74, 6) is 2.03. The van der Waals surface area contributed by atoms with E-state index in [1.54, 1.807) is 18.3 Å². The lowest BCUT2D eigenvalue weighted by Gasteiger charge is -2.27. The summed E-state index contributed by atoms with van der Waals surface area (Å²) < 4.78 is 21.4. The molecule has 4 rings (SSSR count). The van der Waals surface area contributed by atoms with Crippen LogP contribution in [0.4, 0.5) is 17.8 Å². The van der Waals surface area contributed by atoms with Crippen LogP contribution in [0.25, 0.3) is 0 Å². The van der Waals surface area contributed by atoms with Gasteiger partial charge in [-0.15, -0.1) is 0 Å². The Balaban J connectivity index is 1.56. The van der Waals surface area contributed by atoms with Crippen LogP contribution in [-0.2, 0) is 9.53 Å². The van der Waals surface area contributed by atoms with Gasteiger partial charge in [0.05, 0.1) is 33.6 Å². The van der Waals surface area contributed by atoms with E-state index < -0.39 is 5.97 Å². The lowest BCUT2D eigenvalue weighted by molar-refractivity contribution is -0.132. The van der Waals surface area contributed by atoms with Gasteiger partial charge in [-0.25, -0.2) is 5.43 Å². The van der Waals surface area contributed by atoms with Gasteiger partial charge in [0, 0.05) is 38.7 Å². The largest absolute Gasteiger partial charge is 0.493 e. The number of nitrogens with one attached hydrogen (secondary N) is 1. The number of benzene rings is 1. The van der Waals surface area contributed by atoms with Gasteiger partial charge < -0.3 is 28.7 Å². The molecule has 2 fully saturated rings. The molecule has 0 amide bonds. The predicted molar refractivity (Wildman–Crippen MR) is 126 cm³/mol. The third-order valence-electron chi connectivity index (χ3n) is 5.40. The maximum atomic E-state index is 11.4. The second-order valence-corrected chi connectivity index (χ2v) is 7.77. The Morgan fingerprint density at radius 1 is 1.00 bits per heavy atom. The van der Waals surface area contributed by atoms with Crippen molar-refractivity contribution in [1.82, 2.24) is 15.0 Å². The Hall–Kier alpha value is -3.67. The Labute approximate surface area is 197 Å². The minimum Gasteiger partial charge on any atom is -0.493 e. The van der Waals surface area contributed by atoms with Gasteiger partial charge in [0.25, 0.3) is 0 Å². The molecule has 0 bridgehead atoms. The third-order valence-corrected chi connectivity index (χ3v) is 5.40. The molecule has 0 radical (unpaired) electrons. The standard InChI is InChI=1S/C22H29N7O5/c1-15(30)34-19-17(31-2)12-16(13-18(19)32-3)14-23-27-20-24-21(28-6-4-5-7-28)26-22(25-20)29-8-10-33-11-9-29/h12-14H,4-11H2,1-3H3,(H,24,25,26,27)/b23-14+. The van der Waals surface area contributed by atoms with Crippen LogP contribution in [0.1, 0.15) is 25.3 Å². The van der Waals surface area contributed by atoms with Crippen LogP contribution in [0.15, 0.2) is 17.2 Å². The SMILES string of the molecule is COc1cc(/C=N/Nc2nc(N3CCCC3)nc(N3CCOCC3)n2)cc(OC)c1OC(C)=O. The van der Waals surface area contributed by atoms with E-state index in [9.17, 15) is 4.79 Å². The summed E-state index contributed by atoms with van der Waals surface area (Å²) >= 11 is 0. The normalized spacial score (nSPS) is 16.1. The quantitative estimate of drug-likeness (QED) is 0.262. The maximum absolute atomic E-state index is 11.4. The van der Waals surface area contributed by atoms with E-state index in [0.717, 1.165) is 39.0 Å². The Morgan fingerprint density at radius 3 is 2.15 bits per heavy atom. The van der Waals surface area contributed by atoms with E-state index in [-0.39, 0.29) is 5.75 Å². The van der Waals surface area contributed by atoms with Crippen LogP contribution >= 0.6 is 0 Å². The van der Waals surface area contributed by atoms with Crippen LogP contribution in [0.2, 0.25) is 0 Å². The zero-order chi connectivity index (χ0) is 23.9.